The van der Waals surface area contributed by atoms with Crippen molar-refractivity contribution in [3.63, 3.8) is 0 Å². The average molecular weight is 739 g/mol. The molecule has 50 heavy (non-hydrogen) atoms. The number of hydrogen-bond acceptors (Lipinski definition) is 12. The van der Waals surface area contributed by atoms with E-state index in [9.17, 15) is 17.2 Å². The lowest BCUT2D eigenvalue weighted by molar-refractivity contribution is 0.628. The molecule has 5 aromatic rings. The maximum atomic E-state index is 13.6. The first-order chi connectivity index (χ1) is 23.8. The molecule has 0 radical (unpaired) electrons. The zero-order chi connectivity index (χ0) is 33.9. The minimum absolute atomic E-state index is 0. The molecule has 3 aromatic heterocycles. The van der Waals surface area contributed by atoms with Gasteiger partial charge in [0, 0.05) is 61.9 Å². The first-order valence-electron chi connectivity index (χ1n) is 15.4. The topological polar surface area (TPSA) is 142 Å². The standard InChI is InChI=1S/C20H20FN7OS.C12H9ClFN3OS.CH4/c21-14-2-1-3-15(12-14)24-19-18-17(5-11-30(18)29)25-20(26-19)28-9-7-27(8-10-28)16-4-6-22-23-13-16;13-12-16-9-4-5-19(18)10(9)11(17-12)15-8-3-1-2-7(14)6-8;/h1-4,6,12-13H,5,7-11H2,(H,24,25,26);1-3,6H,4-5H2,(H,15,16,17);1H4. The number of fused-ring (bicyclic) bond motifs is 2. The second-order valence-corrected chi connectivity index (χ2v) is 14.6. The van der Waals surface area contributed by atoms with Gasteiger partial charge in [-0.2, -0.15) is 20.2 Å². The molecular weight excluding hydrogens is 706 g/mol. The number of rotatable bonds is 6. The van der Waals surface area contributed by atoms with Crippen molar-refractivity contribution in [3.8, 4) is 0 Å². The molecule has 2 atom stereocenters. The fraction of sp³-hybridized carbons (Fsp3) is 0.273. The Morgan fingerprint density at radius 2 is 1.26 bits per heavy atom. The van der Waals surface area contributed by atoms with Crippen molar-refractivity contribution in [1.82, 2.24) is 30.1 Å². The predicted octanol–water partition coefficient (Wildman–Crippen LogP) is 5.45. The van der Waals surface area contributed by atoms with Crippen LogP contribution in [0.5, 0.6) is 0 Å². The second kappa shape index (κ2) is 15.5. The van der Waals surface area contributed by atoms with Gasteiger partial charge < -0.3 is 20.4 Å². The Morgan fingerprint density at radius 1 is 0.700 bits per heavy atom. The smallest absolute Gasteiger partial charge is 0.227 e. The highest BCUT2D eigenvalue weighted by Crippen LogP contribution is 2.33. The molecule has 0 bridgehead atoms. The van der Waals surface area contributed by atoms with Crippen molar-refractivity contribution in [2.75, 3.05) is 58.1 Å². The van der Waals surface area contributed by atoms with Crippen molar-refractivity contribution < 1.29 is 17.2 Å². The zero-order valence-electron chi connectivity index (χ0n) is 25.9. The summed E-state index contributed by atoms with van der Waals surface area (Å²) in [4.78, 5) is 23.1. The molecule has 3 aliphatic rings. The summed E-state index contributed by atoms with van der Waals surface area (Å²) in [6.45, 7) is 3.13. The van der Waals surface area contributed by atoms with Gasteiger partial charge in [0.05, 0.1) is 51.1 Å². The molecule has 260 valence electrons. The minimum Gasteiger partial charge on any atom is -0.367 e. The maximum Gasteiger partial charge on any atom is 0.227 e. The van der Waals surface area contributed by atoms with Crippen LogP contribution in [-0.2, 0) is 34.4 Å². The SMILES string of the molecule is C.O=S1CCc2nc(Cl)nc(Nc3cccc(F)c3)c21.O=S1CCc2nc(N3CCN(c4ccnnc4)CC3)nc(Nc3cccc(F)c3)c21. The van der Waals surface area contributed by atoms with Gasteiger partial charge in [0.1, 0.15) is 21.4 Å². The molecule has 0 saturated carbocycles. The van der Waals surface area contributed by atoms with Crippen LogP contribution in [0, 0.1) is 11.6 Å². The highest BCUT2D eigenvalue weighted by atomic mass is 35.5. The van der Waals surface area contributed by atoms with Crippen molar-refractivity contribution in [2.45, 2.75) is 30.1 Å². The van der Waals surface area contributed by atoms with Crippen LogP contribution < -0.4 is 20.4 Å². The number of hydrogen-bond donors (Lipinski definition) is 2. The number of aromatic nitrogens is 6. The summed E-state index contributed by atoms with van der Waals surface area (Å²) in [5.74, 6) is 1.85. The Morgan fingerprint density at radius 3 is 1.82 bits per heavy atom. The lowest BCUT2D eigenvalue weighted by atomic mass is 10.2. The van der Waals surface area contributed by atoms with Crippen molar-refractivity contribution in [2.24, 2.45) is 0 Å². The highest BCUT2D eigenvalue weighted by Gasteiger charge is 2.29. The summed E-state index contributed by atoms with van der Waals surface area (Å²) in [7, 11) is -2.29. The second-order valence-electron chi connectivity index (χ2n) is 11.2. The van der Waals surface area contributed by atoms with Crippen LogP contribution >= 0.6 is 11.6 Å². The van der Waals surface area contributed by atoms with Gasteiger partial charge in [0.25, 0.3) is 0 Å². The van der Waals surface area contributed by atoms with E-state index in [1.807, 2.05) is 6.07 Å². The van der Waals surface area contributed by atoms with E-state index in [0.29, 0.717) is 68.8 Å². The van der Waals surface area contributed by atoms with Crippen LogP contribution in [0.1, 0.15) is 18.8 Å². The molecule has 0 spiro atoms. The first-order valence-corrected chi connectivity index (χ1v) is 18.4. The number of aryl methyl sites for hydroxylation is 2. The largest absolute Gasteiger partial charge is 0.367 e. The molecule has 12 nitrogen and oxygen atoms in total. The van der Waals surface area contributed by atoms with E-state index in [-0.39, 0.29) is 24.3 Å². The van der Waals surface area contributed by atoms with Gasteiger partial charge in [0.15, 0.2) is 11.6 Å². The molecule has 0 aliphatic carbocycles. The molecular formula is C33H33ClF2N10O2S2. The molecule has 0 amide bonds. The van der Waals surface area contributed by atoms with Gasteiger partial charge in [-0.05, 0) is 54.1 Å². The summed E-state index contributed by atoms with van der Waals surface area (Å²) in [6, 6.07) is 14.1. The normalized spacial score (nSPS) is 17.6. The molecule has 6 heterocycles. The molecule has 8 rings (SSSR count). The van der Waals surface area contributed by atoms with E-state index in [1.54, 1.807) is 36.7 Å². The summed E-state index contributed by atoms with van der Waals surface area (Å²) in [6.07, 6.45) is 4.72. The van der Waals surface area contributed by atoms with Crippen molar-refractivity contribution in [1.29, 1.82) is 0 Å². The monoisotopic (exact) mass is 738 g/mol. The Labute approximate surface area is 297 Å². The van der Waals surface area contributed by atoms with Gasteiger partial charge in [-0.3, -0.25) is 8.42 Å². The van der Waals surface area contributed by atoms with Gasteiger partial charge in [-0.15, -0.1) is 0 Å². The summed E-state index contributed by atoms with van der Waals surface area (Å²) in [5.41, 5.74) is 3.64. The van der Waals surface area contributed by atoms with Gasteiger partial charge in [-0.1, -0.05) is 19.6 Å². The van der Waals surface area contributed by atoms with Crippen LogP contribution in [0.15, 0.2) is 76.8 Å². The minimum atomic E-state index is -1.15. The first kappa shape index (κ1) is 35.2. The molecule has 1 fully saturated rings. The maximum absolute atomic E-state index is 13.6. The summed E-state index contributed by atoms with van der Waals surface area (Å²) in [5, 5.41) is 14.0. The van der Waals surface area contributed by atoms with E-state index in [1.165, 1.54) is 24.3 Å². The van der Waals surface area contributed by atoms with Gasteiger partial charge >= 0.3 is 0 Å². The van der Waals surface area contributed by atoms with E-state index in [4.69, 9.17) is 16.6 Å². The molecule has 3 aliphatic heterocycles. The van der Waals surface area contributed by atoms with Crippen molar-refractivity contribution in [3.05, 3.63) is 95.3 Å². The zero-order valence-corrected chi connectivity index (χ0v) is 28.2. The summed E-state index contributed by atoms with van der Waals surface area (Å²) >= 11 is 5.84. The Balaban J connectivity index is 0.000000187. The number of nitrogens with one attached hydrogen (secondary N) is 2. The number of benzene rings is 2. The molecule has 17 heteroatoms. The Kier molecular flexibility index (Phi) is 10.9. The fourth-order valence-corrected chi connectivity index (χ4v) is 8.50. The van der Waals surface area contributed by atoms with E-state index < -0.39 is 21.6 Å². The van der Waals surface area contributed by atoms with Crippen LogP contribution in [0.2, 0.25) is 5.28 Å². The van der Waals surface area contributed by atoms with E-state index >= 15 is 0 Å². The molecule has 2 N–H and O–H groups in total. The van der Waals surface area contributed by atoms with E-state index in [0.717, 1.165) is 37.6 Å². The Hall–Kier alpha value is -4.67. The molecule has 1 saturated heterocycles. The highest BCUT2D eigenvalue weighted by molar-refractivity contribution is 7.85. The lowest BCUT2D eigenvalue weighted by Crippen LogP contribution is -2.47. The van der Waals surface area contributed by atoms with E-state index in [2.05, 4.69) is 45.6 Å². The Bertz CT molecular complexity index is 2060. The third kappa shape index (κ3) is 7.87. The van der Waals surface area contributed by atoms with Gasteiger partial charge in [-0.25, -0.2) is 18.7 Å². The van der Waals surface area contributed by atoms with Crippen LogP contribution in [-0.4, -0.2) is 76.2 Å². The fourth-order valence-electron chi connectivity index (χ4n) is 5.70. The van der Waals surface area contributed by atoms with Crippen LogP contribution in [0.3, 0.4) is 0 Å². The van der Waals surface area contributed by atoms with Crippen LogP contribution in [0.25, 0.3) is 0 Å². The number of nitrogens with zero attached hydrogens (tertiary/aromatic N) is 8. The quantitative estimate of drug-likeness (QED) is 0.214. The number of halogens is 3. The summed E-state index contributed by atoms with van der Waals surface area (Å²) < 4.78 is 51.2. The third-order valence-corrected chi connectivity index (χ3v) is 11.1. The molecule has 2 aromatic carbocycles. The predicted molar refractivity (Wildman–Crippen MR) is 192 cm³/mol. The third-order valence-electron chi connectivity index (χ3n) is 8.01. The number of anilines is 6. The lowest BCUT2D eigenvalue weighted by Gasteiger charge is -2.36. The average Bonchev–Trinajstić information content (AvgIpc) is 3.67. The van der Waals surface area contributed by atoms with Crippen molar-refractivity contribution >= 4 is 67.8 Å². The number of piperazine rings is 1. The van der Waals surface area contributed by atoms with Crippen LogP contribution in [0.4, 0.5) is 43.4 Å². The van der Waals surface area contributed by atoms with Gasteiger partial charge in [0.2, 0.25) is 11.2 Å². The molecule has 2 unspecified atom stereocenters.